The third kappa shape index (κ3) is 52.9. The molecule has 0 aliphatic heterocycles. The van der Waals surface area contributed by atoms with Crippen LogP contribution in [0, 0.1) is 0 Å². The normalized spacial score (nSPS) is 13.2. The smallest absolute Gasteiger partial charge is 0.220 e. The first kappa shape index (κ1) is 63.1. The van der Waals surface area contributed by atoms with Gasteiger partial charge in [-0.1, -0.05) is 286 Å². The first-order valence-corrected chi connectivity index (χ1v) is 29.0. The molecule has 4 heteroatoms. The summed E-state index contributed by atoms with van der Waals surface area (Å²) < 4.78 is 0. The highest BCUT2D eigenvalue weighted by atomic mass is 16.3. The number of nitrogens with one attached hydrogen (secondary N) is 1. The van der Waals surface area contributed by atoms with E-state index in [2.05, 4.69) is 67.8 Å². The number of carbonyl (C=O) groups is 1. The lowest BCUT2D eigenvalue weighted by Gasteiger charge is -2.19. The summed E-state index contributed by atoms with van der Waals surface area (Å²) in [5.41, 5.74) is 0. The Bertz CT molecular complexity index is 1070. The third-order valence-electron chi connectivity index (χ3n) is 13.2. The van der Waals surface area contributed by atoms with Gasteiger partial charge in [0.1, 0.15) is 0 Å². The molecule has 0 bridgehead atoms. The summed E-state index contributed by atoms with van der Waals surface area (Å²) in [5.74, 6) is -0.0740. The second-order valence-electron chi connectivity index (χ2n) is 19.7. The zero-order valence-electron chi connectivity index (χ0n) is 43.8. The van der Waals surface area contributed by atoms with E-state index in [4.69, 9.17) is 0 Å². The second kappa shape index (κ2) is 56.4. The fraction of sp³-hybridized carbons (Fsp3) is 0.820. The number of allylic oxidation sites excluding steroid dienone is 9. The highest BCUT2D eigenvalue weighted by molar-refractivity contribution is 5.76. The van der Waals surface area contributed by atoms with E-state index in [1.54, 1.807) is 6.08 Å². The summed E-state index contributed by atoms with van der Waals surface area (Å²) in [5, 5.41) is 23.2. The molecule has 2 atom stereocenters. The van der Waals surface area contributed by atoms with Crippen molar-refractivity contribution in [3.05, 3.63) is 60.8 Å². The quantitative estimate of drug-likeness (QED) is 0.0421. The van der Waals surface area contributed by atoms with Gasteiger partial charge in [0.05, 0.1) is 18.8 Å². The van der Waals surface area contributed by atoms with Crippen LogP contribution in [0.1, 0.15) is 303 Å². The van der Waals surface area contributed by atoms with Gasteiger partial charge in [0.2, 0.25) is 5.91 Å². The van der Waals surface area contributed by atoms with Crippen molar-refractivity contribution in [1.82, 2.24) is 5.32 Å². The summed E-state index contributed by atoms with van der Waals surface area (Å²) in [4.78, 5) is 12.5. The Balaban J connectivity index is 3.54. The average molecular weight is 909 g/mol. The maximum absolute atomic E-state index is 12.5. The number of amides is 1. The highest BCUT2D eigenvalue weighted by Crippen LogP contribution is 2.17. The molecule has 380 valence electrons. The summed E-state index contributed by atoms with van der Waals surface area (Å²) in [6.07, 6.45) is 79.6. The van der Waals surface area contributed by atoms with Crippen molar-refractivity contribution in [2.45, 2.75) is 315 Å². The zero-order chi connectivity index (χ0) is 47.0. The van der Waals surface area contributed by atoms with Crippen LogP contribution in [0.3, 0.4) is 0 Å². The minimum Gasteiger partial charge on any atom is -0.394 e. The first-order valence-electron chi connectivity index (χ1n) is 29.0. The molecule has 0 fully saturated rings. The van der Waals surface area contributed by atoms with E-state index in [-0.39, 0.29) is 12.5 Å². The van der Waals surface area contributed by atoms with Gasteiger partial charge in [-0.05, 0) is 70.6 Å². The fourth-order valence-corrected chi connectivity index (χ4v) is 8.79. The van der Waals surface area contributed by atoms with Gasteiger partial charge in [-0.25, -0.2) is 0 Å². The van der Waals surface area contributed by atoms with Crippen molar-refractivity contribution >= 4 is 5.91 Å². The van der Waals surface area contributed by atoms with E-state index < -0.39 is 12.1 Å². The van der Waals surface area contributed by atoms with Crippen molar-refractivity contribution < 1.29 is 15.0 Å². The topological polar surface area (TPSA) is 69.6 Å². The monoisotopic (exact) mass is 908 g/mol. The first-order chi connectivity index (χ1) is 32.2. The summed E-state index contributed by atoms with van der Waals surface area (Å²) in [6, 6.07) is -0.643. The van der Waals surface area contributed by atoms with Crippen LogP contribution in [0.25, 0.3) is 0 Å². The van der Waals surface area contributed by atoms with E-state index in [1.165, 1.54) is 238 Å². The Kier molecular flexibility index (Phi) is 54.8. The number of aliphatic hydroxyl groups is 2. The van der Waals surface area contributed by atoms with E-state index >= 15 is 0 Å². The molecule has 0 aromatic carbocycles. The number of carbonyl (C=O) groups excluding carboxylic acids is 1. The van der Waals surface area contributed by atoms with Crippen LogP contribution in [0.5, 0.6) is 0 Å². The van der Waals surface area contributed by atoms with Gasteiger partial charge >= 0.3 is 0 Å². The summed E-state index contributed by atoms with van der Waals surface area (Å²) >= 11 is 0. The molecular weight excluding hydrogens is 795 g/mol. The Morgan fingerprint density at radius 1 is 0.369 bits per heavy atom. The zero-order valence-corrected chi connectivity index (χ0v) is 43.8. The van der Waals surface area contributed by atoms with Gasteiger partial charge in [-0.2, -0.15) is 0 Å². The van der Waals surface area contributed by atoms with Gasteiger partial charge < -0.3 is 15.5 Å². The van der Waals surface area contributed by atoms with Gasteiger partial charge in [0, 0.05) is 6.42 Å². The van der Waals surface area contributed by atoms with Crippen LogP contribution in [0.4, 0.5) is 0 Å². The molecule has 4 nitrogen and oxygen atoms in total. The molecule has 0 saturated carbocycles. The van der Waals surface area contributed by atoms with E-state index in [0.717, 1.165) is 44.9 Å². The van der Waals surface area contributed by atoms with Crippen molar-refractivity contribution in [3.63, 3.8) is 0 Å². The molecule has 0 aliphatic rings. The summed E-state index contributed by atoms with van der Waals surface area (Å²) in [6.45, 7) is 4.31. The lowest BCUT2D eigenvalue weighted by atomic mass is 10.0. The Labute approximate surface area is 406 Å². The number of hydrogen-bond acceptors (Lipinski definition) is 3. The molecule has 1 amide bonds. The molecule has 65 heavy (non-hydrogen) atoms. The van der Waals surface area contributed by atoms with E-state index in [1.807, 2.05) is 6.08 Å². The SMILES string of the molecule is CCCCCCC/C=C\C/C=C\C/C=C\CCCCCCCCCCCCCCC(=O)NC(CO)C(O)/C=C/CC/C=C/CCCCCCCCCCCCCCCCCCCCCC. The molecule has 0 saturated heterocycles. The molecule has 0 aromatic heterocycles. The maximum Gasteiger partial charge on any atom is 0.220 e. The van der Waals surface area contributed by atoms with Crippen molar-refractivity contribution in [1.29, 1.82) is 0 Å². The predicted octanol–water partition coefficient (Wildman–Crippen LogP) is 19.2. The molecule has 0 aliphatic carbocycles. The number of hydrogen-bond donors (Lipinski definition) is 3. The molecular formula is C61H113NO3. The van der Waals surface area contributed by atoms with Gasteiger partial charge in [0.15, 0.2) is 0 Å². The molecule has 0 radical (unpaired) electrons. The van der Waals surface area contributed by atoms with Crippen LogP contribution >= 0.6 is 0 Å². The predicted molar refractivity (Wildman–Crippen MR) is 290 cm³/mol. The van der Waals surface area contributed by atoms with E-state index in [9.17, 15) is 15.0 Å². The highest BCUT2D eigenvalue weighted by Gasteiger charge is 2.18. The Morgan fingerprint density at radius 2 is 0.646 bits per heavy atom. The number of rotatable bonds is 53. The average Bonchev–Trinajstić information content (AvgIpc) is 3.31. The Hall–Kier alpha value is -1.91. The van der Waals surface area contributed by atoms with Crippen molar-refractivity contribution in [3.8, 4) is 0 Å². The van der Waals surface area contributed by atoms with Crippen molar-refractivity contribution in [2.75, 3.05) is 6.61 Å². The van der Waals surface area contributed by atoms with Gasteiger partial charge in [0.25, 0.3) is 0 Å². The van der Waals surface area contributed by atoms with Crippen LogP contribution < -0.4 is 5.32 Å². The Morgan fingerprint density at radius 3 is 1.00 bits per heavy atom. The van der Waals surface area contributed by atoms with Crippen molar-refractivity contribution in [2.24, 2.45) is 0 Å². The number of aliphatic hydroxyl groups excluding tert-OH is 2. The lowest BCUT2D eigenvalue weighted by molar-refractivity contribution is -0.123. The van der Waals surface area contributed by atoms with E-state index in [0.29, 0.717) is 6.42 Å². The minimum absolute atomic E-state index is 0.0740. The van der Waals surface area contributed by atoms with Crippen LogP contribution in [-0.4, -0.2) is 34.9 Å². The number of unbranched alkanes of at least 4 members (excludes halogenated alkanes) is 38. The molecule has 3 N–H and O–H groups in total. The van der Waals surface area contributed by atoms with Crippen LogP contribution in [0.2, 0.25) is 0 Å². The van der Waals surface area contributed by atoms with Crippen LogP contribution in [0.15, 0.2) is 60.8 Å². The largest absolute Gasteiger partial charge is 0.394 e. The minimum atomic E-state index is -0.866. The lowest BCUT2D eigenvalue weighted by Crippen LogP contribution is -2.45. The summed E-state index contributed by atoms with van der Waals surface area (Å²) in [7, 11) is 0. The molecule has 0 aromatic rings. The third-order valence-corrected chi connectivity index (χ3v) is 13.2. The molecule has 0 rings (SSSR count). The van der Waals surface area contributed by atoms with Gasteiger partial charge in [-0.15, -0.1) is 0 Å². The fourth-order valence-electron chi connectivity index (χ4n) is 8.79. The molecule has 2 unspecified atom stereocenters. The maximum atomic E-state index is 12.5. The molecule has 0 heterocycles. The second-order valence-corrected chi connectivity index (χ2v) is 19.7. The molecule has 0 spiro atoms. The van der Waals surface area contributed by atoms with Crippen LogP contribution in [-0.2, 0) is 4.79 Å². The van der Waals surface area contributed by atoms with Gasteiger partial charge in [-0.3, -0.25) is 4.79 Å². The standard InChI is InChI=1S/C61H113NO3/c1-3-5-7-9-11-13-15-17-19-21-23-25-27-29-31-33-35-37-39-41-43-45-47-49-51-53-55-57-61(65)62-59(58-63)60(64)56-54-52-50-48-46-44-42-40-38-36-34-32-30-28-26-24-22-20-18-16-14-12-10-8-6-4-2/h15,17,21,23,27,29,46,48,54,56,59-60,63-64H,3-14,16,18-20,22,24-26,28,30-45,47,49-53,55,57-58H2,1-2H3,(H,62,65)/b17-15-,23-21-,29-27-,48-46+,56-54+.